The molecule has 166 valence electrons. The van der Waals surface area contributed by atoms with E-state index in [4.69, 9.17) is 9.47 Å². The van der Waals surface area contributed by atoms with Crippen LogP contribution in [0.25, 0.3) is 17.2 Å². The monoisotopic (exact) mass is 450 g/mol. The van der Waals surface area contributed by atoms with Gasteiger partial charge in [0, 0.05) is 6.07 Å². The molecular weight excluding hydrogens is 431 g/mol. The van der Waals surface area contributed by atoms with Crippen LogP contribution in [0.3, 0.4) is 0 Å². The van der Waals surface area contributed by atoms with Gasteiger partial charge in [-0.15, -0.1) is 0 Å². The Morgan fingerprint density at radius 3 is 2.26 bits per heavy atom. The van der Waals surface area contributed by atoms with Gasteiger partial charge < -0.3 is 9.47 Å². The SMILES string of the molecule is Cc1cc(OC(=O)c2ccc(F)cc2)cc2c1C(=O)/C(=C/c1ccc(-c3ccccc3)cc1)O2. The molecule has 0 N–H and O–H groups in total. The van der Waals surface area contributed by atoms with Gasteiger partial charge in [0.1, 0.15) is 17.3 Å². The average molecular weight is 450 g/mol. The van der Waals surface area contributed by atoms with Crippen molar-refractivity contribution < 1.29 is 23.5 Å². The van der Waals surface area contributed by atoms with Crippen LogP contribution in [-0.2, 0) is 0 Å². The number of fused-ring (bicyclic) bond motifs is 1. The molecule has 4 nitrogen and oxygen atoms in total. The number of Topliss-reactive ketones (excluding diaryl/α,β-unsaturated/α-hetero) is 1. The van der Waals surface area contributed by atoms with E-state index in [0.29, 0.717) is 16.9 Å². The molecule has 0 saturated heterocycles. The van der Waals surface area contributed by atoms with Gasteiger partial charge in [0.15, 0.2) is 5.76 Å². The highest BCUT2D eigenvalue weighted by molar-refractivity contribution is 6.15. The van der Waals surface area contributed by atoms with Crippen LogP contribution in [0.15, 0.2) is 96.8 Å². The van der Waals surface area contributed by atoms with Crippen LogP contribution in [0.2, 0.25) is 0 Å². The first-order valence-corrected chi connectivity index (χ1v) is 10.7. The van der Waals surface area contributed by atoms with Crippen LogP contribution in [0.1, 0.15) is 31.8 Å². The summed E-state index contributed by atoms with van der Waals surface area (Å²) in [6.45, 7) is 1.76. The summed E-state index contributed by atoms with van der Waals surface area (Å²) < 4.78 is 24.4. The smallest absolute Gasteiger partial charge is 0.343 e. The Kier molecular flexibility index (Phi) is 5.52. The van der Waals surface area contributed by atoms with Gasteiger partial charge in [0.2, 0.25) is 5.78 Å². The van der Waals surface area contributed by atoms with Crippen molar-refractivity contribution in [2.75, 3.05) is 0 Å². The van der Waals surface area contributed by atoms with E-state index in [1.807, 2.05) is 54.6 Å². The molecule has 4 aromatic rings. The second-order valence-electron chi connectivity index (χ2n) is 7.94. The number of aryl methyl sites for hydroxylation is 1. The van der Waals surface area contributed by atoms with E-state index in [2.05, 4.69) is 0 Å². The predicted octanol–water partition coefficient (Wildman–Crippen LogP) is 6.64. The Bertz CT molecular complexity index is 1420. The minimum atomic E-state index is -0.627. The molecule has 5 heteroatoms. The number of carbonyl (C=O) groups excluding carboxylic acids is 2. The van der Waals surface area contributed by atoms with Gasteiger partial charge in [-0.2, -0.15) is 0 Å². The minimum Gasteiger partial charge on any atom is -0.452 e. The highest BCUT2D eigenvalue weighted by Crippen LogP contribution is 2.38. The molecule has 34 heavy (non-hydrogen) atoms. The van der Waals surface area contributed by atoms with Gasteiger partial charge in [0.05, 0.1) is 11.1 Å². The molecule has 4 aromatic carbocycles. The number of hydrogen-bond acceptors (Lipinski definition) is 4. The van der Waals surface area contributed by atoms with Crippen molar-refractivity contribution >= 4 is 17.8 Å². The summed E-state index contributed by atoms with van der Waals surface area (Å²) in [6.07, 6.45) is 1.70. The van der Waals surface area contributed by atoms with E-state index in [1.165, 1.54) is 30.3 Å². The van der Waals surface area contributed by atoms with Crippen LogP contribution < -0.4 is 9.47 Å². The molecule has 0 saturated carbocycles. The van der Waals surface area contributed by atoms with Gasteiger partial charge in [0.25, 0.3) is 0 Å². The summed E-state index contributed by atoms with van der Waals surface area (Å²) in [5, 5.41) is 0. The molecule has 0 fully saturated rings. The van der Waals surface area contributed by atoms with Crippen molar-refractivity contribution in [1.82, 2.24) is 0 Å². The molecule has 0 bridgehead atoms. The lowest BCUT2D eigenvalue weighted by Gasteiger charge is -2.08. The Morgan fingerprint density at radius 2 is 1.56 bits per heavy atom. The average Bonchev–Trinajstić information content (AvgIpc) is 3.15. The number of carbonyl (C=O) groups is 2. The summed E-state index contributed by atoms with van der Waals surface area (Å²) in [4.78, 5) is 25.3. The fraction of sp³-hybridized carbons (Fsp3) is 0.0345. The molecule has 1 aliphatic heterocycles. The van der Waals surface area contributed by atoms with E-state index < -0.39 is 11.8 Å². The zero-order valence-corrected chi connectivity index (χ0v) is 18.2. The van der Waals surface area contributed by atoms with Crippen LogP contribution in [0.4, 0.5) is 4.39 Å². The van der Waals surface area contributed by atoms with E-state index in [9.17, 15) is 14.0 Å². The molecule has 0 radical (unpaired) electrons. The van der Waals surface area contributed by atoms with Crippen LogP contribution in [0.5, 0.6) is 11.5 Å². The van der Waals surface area contributed by atoms with Crippen molar-refractivity contribution in [2.45, 2.75) is 6.92 Å². The third kappa shape index (κ3) is 4.24. The van der Waals surface area contributed by atoms with E-state index >= 15 is 0 Å². The summed E-state index contributed by atoms with van der Waals surface area (Å²) in [6, 6.07) is 26.1. The molecular formula is C29H19FO4. The van der Waals surface area contributed by atoms with Crippen molar-refractivity contribution in [2.24, 2.45) is 0 Å². The molecule has 0 aliphatic carbocycles. The molecule has 1 aliphatic rings. The lowest BCUT2D eigenvalue weighted by molar-refractivity contribution is 0.0734. The predicted molar refractivity (Wildman–Crippen MR) is 127 cm³/mol. The summed E-state index contributed by atoms with van der Waals surface area (Å²) >= 11 is 0. The van der Waals surface area contributed by atoms with Gasteiger partial charge in [-0.05, 0) is 65.6 Å². The normalized spacial score (nSPS) is 13.5. The Morgan fingerprint density at radius 1 is 0.882 bits per heavy atom. The number of benzene rings is 4. The number of ketones is 1. The van der Waals surface area contributed by atoms with Crippen molar-refractivity contribution in [1.29, 1.82) is 0 Å². The van der Waals surface area contributed by atoms with Gasteiger partial charge in [-0.1, -0.05) is 54.6 Å². The van der Waals surface area contributed by atoms with E-state index in [1.54, 1.807) is 19.1 Å². The zero-order chi connectivity index (χ0) is 23.7. The quantitative estimate of drug-likeness (QED) is 0.199. The maximum absolute atomic E-state index is 13.1. The molecule has 0 unspecified atom stereocenters. The largest absolute Gasteiger partial charge is 0.452 e. The molecule has 0 aromatic heterocycles. The van der Waals surface area contributed by atoms with Crippen LogP contribution in [0, 0.1) is 12.7 Å². The first kappa shape index (κ1) is 21.3. The maximum Gasteiger partial charge on any atom is 0.343 e. The second-order valence-corrected chi connectivity index (χ2v) is 7.94. The third-order valence-corrected chi connectivity index (χ3v) is 5.55. The lowest BCUT2D eigenvalue weighted by atomic mass is 10.0. The first-order chi connectivity index (χ1) is 16.5. The number of esters is 1. The number of ether oxygens (including phenoxy) is 2. The summed E-state index contributed by atoms with van der Waals surface area (Å²) in [5.41, 5.74) is 4.31. The molecule has 0 amide bonds. The fourth-order valence-corrected chi connectivity index (χ4v) is 3.84. The molecule has 0 spiro atoms. The van der Waals surface area contributed by atoms with Crippen molar-refractivity contribution in [3.8, 4) is 22.6 Å². The van der Waals surface area contributed by atoms with Crippen LogP contribution >= 0.6 is 0 Å². The van der Waals surface area contributed by atoms with Gasteiger partial charge >= 0.3 is 5.97 Å². The van der Waals surface area contributed by atoms with Crippen molar-refractivity contribution in [3.05, 3.63) is 125 Å². The number of allylic oxidation sites excluding steroid dienone is 1. The third-order valence-electron chi connectivity index (χ3n) is 5.55. The molecule has 1 heterocycles. The zero-order valence-electron chi connectivity index (χ0n) is 18.2. The van der Waals surface area contributed by atoms with E-state index in [-0.39, 0.29) is 22.9 Å². The van der Waals surface area contributed by atoms with Gasteiger partial charge in [-0.3, -0.25) is 4.79 Å². The van der Waals surface area contributed by atoms with Gasteiger partial charge in [-0.25, -0.2) is 9.18 Å². The molecule has 5 rings (SSSR count). The fourth-order valence-electron chi connectivity index (χ4n) is 3.84. The Hall–Kier alpha value is -4.51. The maximum atomic E-state index is 13.1. The standard InChI is InChI=1S/C29H19FO4/c1-18-15-24(33-29(32)22-11-13-23(30)14-12-22)17-25-27(18)28(31)26(34-25)16-19-7-9-21(10-8-19)20-5-3-2-4-6-20/h2-17H,1H3/b26-16-. The molecule has 0 atom stereocenters. The number of hydrogen-bond donors (Lipinski definition) is 0. The van der Waals surface area contributed by atoms with E-state index in [0.717, 1.165) is 16.7 Å². The number of halogens is 1. The minimum absolute atomic E-state index is 0.201. The lowest BCUT2D eigenvalue weighted by Crippen LogP contribution is -2.08. The second kappa shape index (κ2) is 8.79. The topological polar surface area (TPSA) is 52.6 Å². The van der Waals surface area contributed by atoms with Crippen LogP contribution in [-0.4, -0.2) is 11.8 Å². The summed E-state index contributed by atoms with van der Waals surface area (Å²) in [5.74, 6) is -0.515. The Labute approximate surface area is 195 Å². The highest BCUT2D eigenvalue weighted by atomic mass is 19.1. The first-order valence-electron chi connectivity index (χ1n) is 10.7. The summed E-state index contributed by atoms with van der Waals surface area (Å²) in [7, 11) is 0. The highest BCUT2D eigenvalue weighted by Gasteiger charge is 2.30. The van der Waals surface area contributed by atoms with Crippen molar-refractivity contribution in [3.63, 3.8) is 0 Å². The number of rotatable bonds is 4. The Balaban J connectivity index is 1.36.